The monoisotopic (exact) mass is 319 g/mol. The Morgan fingerprint density at radius 1 is 0.739 bits per heavy atom. The van der Waals surface area contributed by atoms with E-state index < -0.39 is 0 Å². The molecule has 0 saturated heterocycles. The Labute approximate surface area is 142 Å². The number of halogens is 1. The fourth-order valence-corrected chi connectivity index (χ4v) is 2.97. The normalized spacial score (nSPS) is 11.7. The van der Waals surface area contributed by atoms with Crippen LogP contribution in [0.15, 0.2) is 89.9 Å². The van der Waals surface area contributed by atoms with E-state index in [1.165, 1.54) is 0 Å². The van der Waals surface area contributed by atoms with E-state index in [9.17, 15) is 0 Å². The number of rotatable bonds is 4. The molecule has 0 bridgehead atoms. The average molecular weight is 320 g/mol. The summed E-state index contributed by atoms with van der Waals surface area (Å²) in [6.45, 7) is 2.04. The van der Waals surface area contributed by atoms with Crippen molar-refractivity contribution in [3.05, 3.63) is 102 Å². The second-order valence-corrected chi connectivity index (χ2v) is 5.86. The van der Waals surface area contributed by atoms with Gasteiger partial charge in [-0.2, -0.15) is 0 Å². The predicted molar refractivity (Wildman–Crippen MR) is 98.9 cm³/mol. The summed E-state index contributed by atoms with van der Waals surface area (Å²) in [6.07, 6.45) is 0. The van der Waals surface area contributed by atoms with Gasteiger partial charge in [-0.3, -0.25) is 0 Å². The number of hydrogen-bond donors (Lipinski definition) is 0. The van der Waals surface area contributed by atoms with Crippen molar-refractivity contribution in [2.45, 2.75) is 12.8 Å². The van der Waals surface area contributed by atoms with Gasteiger partial charge >= 0.3 is 0 Å². The molecule has 0 saturated carbocycles. The van der Waals surface area contributed by atoms with Gasteiger partial charge in [0.15, 0.2) is 0 Å². The van der Waals surface area contributed by atoms with Gasteiger partial charge in [-0.15, -0.1) is 0 Å². The highest BCUT2D eigenvalue weighted by molar-refractivity contribution is 6.67. The molecule has 3 aromatic carbocycles. The third-order valence-electron chi connectivity index (χ3n) is 3.85. The molecular formula is C21H18ClN. The second kappa shape index (κ2) is 7.26. The summed E-state index contributed by atoms with van der Waals surface area (Å²) in [5.74, 6) is -0.0568. The highest BCUT2D eigenvalue weighted by atomic mass is 35.5. The molecule has 0 fully saturated rings. The first-order valence-corrected chi connectivity index (χ1v) is 8.03. The van der Waals surface area contributed by atoms with Gasteiger partial charge in [-0.1, -0.05) is 90.5 Å². The van der Waals surface area contributed by atoms with Crippen LogP contribution in [0.3, 0.4) is 0 Å². The van der Waals surface area contributed by atoms with E-state index in [-0.39, 0.29) is 5.92 Å². The van der Waals surface area contributed by atoms with Crippen LogP contribution in [0, 0.1) is 6.92 Å². The zero-order chi connectivity index (χ0) is 16.1. The largest absolute Gasteiger partial charge is 0.240 e. The number of aliphatic imine (C=N–C) groups is 1. The molecule has 0 radical (unpaired) electrons. The number of aryl methyl sites for hydroxylation is 1. The van der Waals surface area contributed by atoms with Gasteiger partial charge < -0.3 is 0 Å². The Hall–Kier alpha value is -2.38. The molecule has 23 heavy (non-hydrogen) atoms. The van der Waals surface area contributed by atoms with Gasteiger partial charge in [-0.25, -0.2) is 4.99 Å². The molecule has 1 nitrogen and oxygen atoms in total. The Morgan fingerprint density at radius 3 is 1.74 bits per heavy atom. The SMILES string of the molecule is Cc1ccccc1N=C(Cl)C(c1ccccc1)c1ccccc1. The smallest absolute Gasteiger partial charge is 0.118 e. The quantitative estimate of drug-likeness (QED) is 0.515. The number of nitrogens with zero attached hydrogens (tertiary/aromatic N) is 1. The molecule has 0 heterocycles. The van der Waals surface area contributed by atoms with Crippen LogP contribution in [0.2, 0.25) is 0 Å². The predicted octanol–water partition coefficient (Wildman–Crippen LogP) is 6.10. The molecule has 0 aromatic heterocycles. The molecule has 2 heteroatoms. The van der Waals surface area contributed by atoms with Crippen LogP contribution >= 0.6 is 11.6 Å². The van der Waals surface area contributed by atoms with E-state index in [0.29, 0.717) is 5.17 Å². The average Bonchev–Trinajstić information content (AvgIpc) is 2.59. The molecular weight excluding hydrogens is 302 g/mol. The Morgan fingerprint density at radius 2 is 1.22 bits per heavy atom. The zero-order valence-electron chi connectivity index (χ0n) is 13.0. The summed E-state index contributed by atoms with van der Waals surface area (Å²) in [6, 6.07) is 28.5. The molecule has 3 aromatic rings. The van der Waals surface area contributed by atoms with Crippen molar-refractivity contribution in [2.75, 3.05) is 0 Å². The van der Waals surface area contributed by atoms with Crippen molar-refractivity contribution in [2.24, 2.45) is 4.99 Å². The summed E-state index contributed by atoms with van der Waals surface area (Å²) in [5.41, 5.74) is 4.31. The first-order valence-electron chi connectivity index (χ1n) is 7.65. The number of para-hydroxylation sites is 1. The van der Waals surface area contributed by atoms with Crippen molar-refractivity contribution in [3.8, 4) is 0 Å². The van der Waals surface area contributed by atoms with Crippen molar-refractivity contribution >= 4 is 22.5 Å². The second-order valence-electron chi connectivity index (χ2n) is 5.48. The van der Waals surface area contributed by atoms with Crippen LogP contribution in [0.25, 0.3) is 0 Å². The molecule has 0 spiro atoms. The summed E-state index contributed by atoms with van der Waals surface area (Å²) in [5, 5.41) is 0.580. The Kier molecular flexibility index (Phi) is 4.89. The lowest BCUT2D eigenvalue weighted by Crippen LogP contribution is -2.08. The first kappa shape index (κ1) is 15.5. The van der Waals surface area contributed by atoms with E-state index in [1.807, 2.05) is 67.6 Å². The highest BCUT2D eigenvalue weighted by Crippen LogP contribution is 2.30. The maximum atomic E-state index is 6.67. The number of benzene rings is 3. The summed E-state index contributed by atoms with van der Waals surface area (Å²) < 4.78 is 0. The summed E-state index contributed by atoms with van der Waals surface area (Å²) in [4.78, 5) is 4.69. The zero-order valence-corrected chi connectivity index (χ0v) is 13.7. The molecule has 0 unspecified atom stereocenters. The minimum Gasteiger partial charge on any atom is -0.240 e. The minimum absolute atomic E-state index is 0.0568. The van der Waals surface area contributed by atoms with Crippen molar-refractivity contribution in [1.82, 2.24) is 0 Å². The van der Waals surface area contributed by atoms with Crippen LogP contribution in [-0.2, 0) is 0 Å². The van der Waals surface area contributed by atoms with E-state index in [1.54, 1.807) is 0 Å². The maximum Gasteiger partial charge on any atom is 0.118 e. The van der Waals surface area contributed by atoms with Crippen LogP contribution in [0.5, 0.6) is 0 Å². The minimum atomic E-state index is -0.0568. The van der Waals surface area contributed by atoms with Crippen LogP contribution in [0.1, 0.15) is 22.6 Å². The first-order chi connectivity index (χ1) is 11.3. The van der Waals surface area contributed by atoms with Crippen molar-refractivity contribution < 1.29 is 0 Å². The fourth-order valence-electron chi connectivity index (χ4n) is 2.63. The molecule has 0 aliphatic heterocycles. The Bertz CT molecular complexity index is 755. The summed E-state index contributed by atoms with van der Waals surface area (Å²) in [7, 11) is 0. The van der Waals surface area contributed by atoms with Gasteiger partial charge in [0.1, 0.15) is 5.17 Å². The lowest BCUT2D eigenvalue weighted by atomic mass is 9.92. The third kappa shape index (κ3) is 3.69. The van der Waals surface area contributed by atoms with E-state index in [0.717, 1.165) is 22.4 Å². The van der Waals surface area contributed by atoms with E-state index in [2.05, 4.69) is 24.3 Å². The molecule has 0 atom stereocenters. The highest BCUT2D eigenvalue weighted by Gasteiger charge is 2.19. The molecule has 0 N–H and O–H groups in total. The van der Waals surface area contributed by atoms with Gasteiger partial charge in [0, 0.05) is 0 Å². The van der Waals surface area contributed by atoms with Gasteiger partial charge in [0.2, 0.25) is 0 Å². The van der Waals surface area contributed by atoms with Gasteiger partial charge in [-0.05, 0) is 29.7 Å². The van der Waals surface area contributed by atoms with Gasteiger partial charge in [0.05, 0.1) is 11.6 Å². The van der Waals surface area contributed by atoms with E-state index in [4.69, 9.17) is 16.6 Å². The topological polar surface area (TPSA) is 12.4 Å². The molecule has 0 aliphatic carbocycles. The molecule has 3 rings (SSSR count). The van der Waals surface area contributed by atoms with Crippen molar-refractivity contribution in [1.29, 1.82) is 0 Å². The lowest BCUT2D eigenvalue weighted by molar-refractivity contribution is 1.09. The standard InChI is InChI=1S/C21H18ClN/c1-16-10-8-9-15-19(16)23-21(22)20(17-11-4-2-5-12-17)18-13-6-3-7-14-18/h2-15,20H,1H3. The molecule has 0 aliphatic rings. The van der Waals surface area contributed by atoms with Crippen molar-refractivity contribution in [3.63, 3.8) is 0 Å². The van der Waals surface area contributed by atoms with Gasteiger partial charge in [0.25, 0.3) is 0 Å². The molecule has 114 valence electrons. The third-order valence-corrected chi connectivity index (χ3v) is 4.15. The molecule has 0 amide bonds. The van der Waals surface area contributed by atoms with Crippen LogP contribution in [-0.4, -0.2) is 5.17 Å². The van der Waals surface area contributed by atoms with Crippen LogP contribution < -0.4 is 0 Å². The summed E-state index contributed by atoms with van der Waals surface area (Å²) >= 11 is 6.67. The van der Waals surface area contributed by atoms with E-state index >= 15 is 0 Å². The fraction of sp³-hybridized carbons (Fsp3) is 0.0952. The van der Waals surface area contributed by atoms with Crippen LogP contribution in [0.4, 0.5) is 5.69 Å². The number of hydrogen-bond acceptors (Lipinski definition) is 1. The lowest BCUT2D eigenvalue weighted by Gasteiger charge is -2.17. The maximum absolute atomic E-state index is 6.67. The Balaban J connectivity index is 2.07.